The van der Waals surface area contributed by atoms with Gasteiger partial charge in [-0.05, 0) is 19.3 Å². The zero-order valence-electron chi connectivity index (χ0n) is 13.8. The van der Waals surface area contributed by atoms with Crippen molar-refractivity contribution in [2.45, 2.75) is 64.3 Å². The molecule has 22 heavy (non-hydrogen) atoms. The Hall–Kier alpha value is -1.65. The lowest BCUT2D eigenvalue weighted by Gasteiger charge is -2.19. The first-order chi connectivity index (χ1) is 10.7. The summed E-state index contributed by atoms with van der Waals surface area (Å²) in [6, 6.07) is 2.09. The molecule has 0 radical (unpaired) electrons. The van der Waals surface area contributed by atoms with E-state index in [9.17, 15) is 4.79 Å². The molecule has 0 unspecified atom stereocenters. The topological polar surface area (TPSA) is 58.1 Å². The second-order valence-electron chi connectivity index (χ2n) is 6.20. The maximum absolute atomic E-state index is 12.4. The van der Waals surface area contributed by atoms with Gasteiger partial charge in [0.05, 0.1) is 0 Å². The van der Waals surface area contributed by atoms with Gasteiger partial charge in [-0.25, -0.2) is 9.97 Å². The highest BCUT2D eigenvalue weighted by atomic mass is 16.1. The van der Waals surface area contributed by atoms with Crippen LogP contribution in [0.5, 0.6) is 0 Å². The molecule has 2 rings (SSSR count). The summed E-state index contributed by atoms with van der Waals surface area (Å²) in [6.45, 7) is 3.11. The van der Waals surface area contributed by atoms with Gasteiger partial charge in [0, 0.05) is 25.7 Å². The molecule has 5 nitrogen and oxygen atoms in total. The molecule has 0 aromatic carbocycles. The molecule has 0 saturated heterocycles. The van der Waals surface area contributed by atoms with E-state index in [1.165, 1.54) is 32.0 Å². The van der Waals surface area contributed by atoms with Crippen LogP contribution >= 0.6 is 0 Å². The van der Waals surface area contributed by atoms with Crippen LogP contribution in [0.1, 0.15) is 68.8 Å². The van der Waals surface area contributed by atoms with Crippen molar-refractivity contribution in [2.75, 3.05) is 18.5 Å². The number of hydrogen-bond acceptors (Lipinski definition) is 4. The number of aromatic nitrogens is 2. The van der Waals surface area contributed by atoms with E-state index in [1.54, 1.807) is 6.07 Å². The number of amides is 1. The molecular formula is C17H28N4O. The first kappa shape index (κ1) is 16.7. The summed E-state index contributed by atoms with van der Waals surface area (Å²) >= 11 is 0. The Morgan fingerprint density at radius 2 is 2.00 bits per heavy atom. The fourth-order valence-electron chi connectivity index (χ4n) is 2.87. The van der Waals surface area contributed by atoms with Crippen molar-refractivity contribution in [1.29, 1.82) is 0 Å². The van der Waals surface area contributed by atoms with Crippen LogP contribution in [0, 0.1) is 0 Å². The lowest BCUT2D eigenvalue weighted by Crippen LogP contribution is -2.35. The van der Waals surface area contributed by atoms with E-state index in [4.69, 9.17) is 0 Å². The van der Waals surface area contributed by atoms with Gasteiger partial charge in [-0.3, -0.25) is 4.79 Å². The molecule has 0 spiro atoms. The second kappa shape index (κ2) is 8.71. The highest BCUT2D eigenvalue weighted by Crippen LogP contribution is 2.18. The van der Waals surface area contributed by atoms with Gasteiger partial charge < -0.3 is 10.2 Å². The predicted molar refractivity (Wildman–Crippen MR) is 89.2 cm³/mol. The standard InChI is InChI=1S/C17H28N4O/c1-3-4-11-21(2)16-12-15(18-13-19-16)17(22)20-14-9-7-5-6-8-10-14/h12-14H,3-11H2,1-2H3,(H,20,22). The van der Waals surface area contributed by atoms with Crippen molar-refractivity contribution < 1.29 is 4.79 Å². The third kappa shape index (κ3) is 4.97. The maximum atomic E-state index is 12.4. The lowest BCUT2D eigenvalue weighted by atomic mass is 10.1. The minimum absolute atomic E-state index is 0.0700. The largest absolute Gasteiger partial charge is 0.360 e. The number of anilines is 1. The van der Waals surface area contributed by atoms with E-state index in [0.29, 0.717) is 11.7 Å². The molecule has 1 N–H and O–H groups in total. The minimum atomic E-state index is -0.0700. The van der Waals surface area contributed by atoms with Gasteiger partial charge in [0.25, 0.3) is 5.91 Å². The van der Waals surface area contributed by atoms with Gasteiger partial charge >= 0.3 is 0 Å². The van der Waals surface area contributed by atoms with E-state index in [0.717, 1.165) is 38.0 Å². The van der Waals surface area contributed by atoms with Crippen LogP contribution in [0.2, 0.25) is 0 Å². The van der Waals surface area contributed by atoms with Crippen molar-refractivity contribution in [3.63, 3.8) is 0 Å². The van der Waals surface area contributed by atoms with Gasteiger partial charge in [-0.15, -0.1) is 0 Å². The van der Waals surface area contributed by atoms with Gasteiger partial charge in [0.15, 0.2) is 0 Å². The number of carbonyl (C=O) groups is 1. The first-order valence-electron chi connectivity index (χ1n) is 8.54. The van der Waals surface area contributed by atoms with Crippen LogP contribution < -0.4 is 10.2 Å². The van der Waals surface area contributed by atoms with Crippen LogP contribution in [-0.4, -0.2) is 35.5 Å². The van der Waals surface area contributed by atoms with Crippen LogP contribution in [0.15, 0.2) is 12.4 Å². The summed E-state index contributed by atoms with van der Waals surface area (Å²) in [5.74, 6) is 0.744. The molecule has 122 valence electrons. The third-order valence-corrected chi connectivity index (χ3v) is 4.31. The van der Waals surface area contributed by atoms with Crippen molar-refractivity contribution >= 4 is 11.7 Å². The monoisotopic (exact) mass is 304 g/mol. The molecule has 1 fully saturated rings. The van der Waals surface area contributed by atoms with Gasteiger partial charge in [0.1, 0.15) is 17.8 Å². The molecule has 1 aliphatic rings. The molecular weight excluding hydrogens is 276 g/mol. The Kier molecular flexibility index (Phi) is 6.62. The highest BCUT2D eigenvalue weighted by molar-refractivity contribution is 5.93. The molecule has 1 saturated carbocycles. The minimum Gasteiger partial charge on any atom is -0.360 e. The zero-order valence-corrected chi connectivity index (χ0v) is 13.8. The fraction of sp³-hybridized carbons (Fsp3) is 0.706. The molecule has 1 aromatic rings. The number of hydrogen-bond donors (Lipinski definition) is 1. The van der Waals surface area contributed by atoms with Crippen molar-refractivity contribution in [3.05, 3.63) is 18.1 Å². The molecule has 0 aliphatic heterocycles. The molecule has 1 aromatic heterocycles. The number of unbranched alkanes of at least 4 members (excludes halogenated alkanes) is 1. The Morgan fingerprint density at radius 1 is 1.27 bits per heavy atom. The summed E-state index contributed by atoms with van der Waals surface area (Å²) in [5, 5.41) is 3.14. The SMILES string of the molecule is CCCCN(C)c1cc(C(=O)NC2CCCCCC2)ncn1. The Labute approximate surface area is 133 Å². The normalized spacial score (nSPS) is 16.1. The van der Waals surface area contributed by atoms with Crippen LogP contribution in [0.4, 0.5) is 5.82 Å². The fourth-order valence-corrected chi connectivity index (χ4v) is 2.87. The summed E-state index contributed by atoms with van der Waals surface area (Å²) in [6.07, 6.45) is 10.9. The number of nitrogens with one attached hydrogen (secondary N) is 1. The highest BCUT2D eigenvalue weighted by Gasteiger charge is 2.17. The molecule has 1 amide bonds. The van der Waals surface area contributed by atoms with Crippen LogP contribution in [0.25, 0.3) is 0 Å². The van der Waals surface area contributed by atoms with Gasteiger partial charge in [-0.2, -0.15) is 0 Å². The summed E-state index contributed by atoms with van der Waals surface area (Å²) in [7, 11) is 2.00. The molecule has 1 aliphatic carbocycles. The summed E-state index contributed by atoms with van der Waals surface area (Å²) in [4.78, 5) is 22.9. The Balaban J connectivity index is 1.97. The molecule has 5 heteroatoms. The quantitative estimate of drug-likeness (QED) is 0.820. The first-order valence-corrected chi connectivity index (χ1v) is 8.54. The number of rotatable bonds is 6. The lowest BCUT2D eigenvalue weighted by molar-refractivity contribution is 0.0928. The summed E-state index contributed by atoms with van der Waals surface area (Å²) < 4.78 is 0. The molecule has 0 bridgehead atoms. The van der Waals surface area contributed by atoms with E-state index in [1.807, 2.05) is 7.05 Å². The number of nitrogens with zero attached hydrogens (tertiary/aromatic N) is 3. The van der Waals surface area contributed by atoms with Gasteiger partial charge in [-0.1, -0.05) is 39.0 Å². The van der Waals surface area contributed by atoms with Crippen molar-refractivity contribution in [1.82, 2.24) is 15.3 Å². The second-order valence-corrected chi connectivity index (χ2v) is 6.20. The summed E-state index contributed by atoms with van der Waals surface area (Å²) in [5.41, 5.74) is 0.470. The smallest absolute Gasteiger partial charge is 0.270 e. The van der Waals surface area contributed by atoms with E-state index in [-0.39, 0.29) is 5.91 Å². The average molecular weight is 304 g/mol. The molecule has 0 atom stereocenters. The Bertz CT molecular complexity index is 469. The van der Waals surface area contributed by atoms with E-state index in [2.05, 4.69) is 27.1 Å². The van der Waals surface area contributed by atoms with Crippen LogP contribution in [-0.2, 0) is 0 Å². The average Bonchev–Trinajstić information content (AvgIpc) is 2.81. The third-order valence-electron chi connectivity index (χ3n) is 4.31. The maximum Gasteiger partial charge on any atom is 0.270 e. The van der Waals surface area contributed by atoms with Crippen molar-refractivity contribution in [3.8, 4) is 0 Å². The zero-order chi connectivity index (χ0) is 15.8. The van der Waals surface area contributed by atoms with Crippen molar-refractivity contribution in [2.24, 2.45) is 0 Å². The van der Waals surface area contributed by atoms with E-state index >= 15 is 0 Å². The van der Waals surface area contributed by atoms with E-state index < -0.39 is 0 Å². The molecule has 1 heterocycles. The van der Waals surface area contributed by atoms with Gasteiger partial charge in [0.2, 0.25) is 0 Å². The predicted octanol–water partition coefficient (Wildman–Crippen LogP) is 3.17. The number of carbonyl (C=O) groups excluding carboxylic acids is 1. The van der Waals surface area contributed by atoms with Crippen LogP contribution in [0.3, 0.4) is 0 Å². The Morgan fingerprint density at radius 3 is 2.68 bits per heavy atom.